The lowest BCUT2D eigenvalue weighted by Gasteiger charge is -2.30. The van der Waals surface area contributed by atoms with Gasteiger partial charge in [0.15, 0.2) is 11.5 Å². The fourth-order valence-electron chi connectivity index (χ4n) is 2.79. The van der Waals surface area contributed by atoms with Crippen molar-refractivity contribution in [3.63, 3.8) is 0 Å². The Bertz CT molecular complexity index is 733. The quantitative estimate of drug-likeness (QED) is 0.781. The molecule has 0 spiro atoms. The zero-order valence-electron chi connectivity index (χ0n) is 12.9. The van der Waals surface area contributed by atoms with Gasteiger partial charge in [-0.3, -0.25) is 4.79 Å². The minimum Gasteiger partial charge on any atom is -0.454 e. The molecular weight excluding hydrogens is 318 g/mol. The van der Waals surface area contributed by atoms with E-state index in [0.29, 0.717) is 37.4 Å². The summed E-state index contributed by atoms with van der Waals surface area (Å²) in [7, 11) is -3.02. The first kappa shape index (κ1) is 15.9. The fourth-order valence-corrected chi connectivity index (χ4v) is 3.86. The average Bonchev–Trinajstić information content (AvgIpc) is 2.99. The summed E-state index contributed by atoms with van der Waals surface area (Å²) in [6.07, 6.45) is 5.50. The molecule has 2 aliphatic rings. The highest BCUT2D eigenvalue weighted by Gasteiger charge is 2.27. The van der Waals surface area contributed by atoms with Gasteiger partial charge in [0.1, 0.15) is 9.84 Å². The molecule has 3 rings (SSSR count). The first-order chi connectivity index (χ1) is 10.9. The van der Waals surface area contributed by atoms with Gasteiger partial charge in [-0.15, -0.1) is 0 Å². The number of hydrogen-bond donors (Lipinski definition) is 0. The summed E-state index contributed by atoms with van der Waals surface area (Å²) in [5, 5.41) is -0.329. The summed E-state index contributed by atoms with van der Waals surface area (Å²) in [5.74, 6) is 1.28. The number of benzene rings is 1. The number of likely N-dealkylation sites (tertiary alicyclic amines) is 1. The molecule has 7 heteroatoms. The van der Waals surface area contributed by atoms with Gasteiger partial charge in [-0.2, -0.15) is 0 Å². The van der Waals surface area contributed by atoms with Crippen LogP contribution in [0.4, 0.5) is 0 Å². The van der Waals surface area contributed by atoms with Crippen molar-refractivity contribution in [2.75, 3.05) is 26.1 Å². The van der Waals surface area contributed by atoms with Crippen molar-refractivity contribution in [2.45, 2.75) is 18.1 Å². The maximum absolute atomic E-state index is 12.2. The molecular formula is C16H19NO5S. The Morgan fingerprint density at radius 2 is 1.91 bits per heavy atom. The van der Waals surface area contributed by atoms with Gasteiger partial charge in [0, 0.05) is 25.4 Å². The summed E-state index contributed by atoms with van der Waals surface area (Å²) >= 11 is 0. The van der Waals surface area contributed by atoms with E-state index in [1.54, 1.807) is 11.0 Å². The second kappa shape index (κ2) is 6.23. The van der Waals surface area contributed by atoms with Gasteiger partial charge in [-0.05, 0) is 36.6 Å². The Hall–Kier alpha value is -2.02. The number of hydrogen-bond acceptors (Lipinski definition) is 5. The predicted octanol–water partition coefficient (Wildman–Crippen LogP) is 1.46. The summed E-state index contributed by atoms with van der Waals surface area (Å²) in [6, 6.07) is 5.49. The van der Waals surface area contributed by atoms with E-state index in [9.17, 15) is 13.2 Å². The molecule has 0 aromatic heterocycles. The minimum atomic E-state index is -3.02. The molecule has 2 heterocycles. The molecule has 0 bridgehead atoms. The van der Waals surface area contributed by atoms with Crippen molar-refractivity contribution in [2.24, 2.45) is 0 Å². The lowest BCUT2D eigenvalue weighted by atomic mass is 10.1. The third kappa shape index (κ3) is 3.67. The van der Waals surface area contributed by atoms with Gasteiger partial charge < -0.3 is 14.4 Å². The van der Waals surface area contributed by atoms with Crippen LogP contribution in [0.25, 0.3) is 6.08 Å². The number of rotatable bonds is 3. The van der Waals surface area contributed by atoms with Crippen LogP contribution in [0, 0.1) is 0 Å². The molecule has 1 aromatic rings. The van der Waals surface area contributed by atoms with Gasteiger partial charge >= 0.3 is 0 Å². The van der Waals surface area contributed by atoms with E-state index < -0.39 is 9.84 Å². The third-order valence-corrected chi connectivity index (χ3v) is 5.86. The molecule has 124 valence electrons. The molecule has 6 nitrogen and oxygen atoms in total. The highest BCUT2D eigenvalue weighted by Crippen LogP contribution is 2.32. The first-order valence-electron chi connectivity index (χ1n) is 7.49. The smallest absolute Gasteiger partial charge is 0.246 e. The molecule has 23 heavy (non-hydrogen) atoms. The number of ether oxygens (including phenoxy) is 2. The Balaban J connectivity index is 1.59. The molecule has 0 atom stereocenters. The Morgan fingerprint density at radius 1 is 1.22 bits per heavy atom. The maximum atomic E-state index is 12.2. The van der Waals surface area contributed by atoms with Crippen molar-refractivity contribution < 1.29 is 22.7 Å². The number of nitrogens with zero attached hydrogens (tertiary/aromatic N) is 1. The van der Waals surface area contributed by atoms with Crippen molar-refractivity contribution in [3.05, 3.63) is 29.8 Å². The lowest BCUT2D eigenvalue weighted by molar-refractivity contribution is -0.126. The molecule has 1 amide bonds. The number of carbonyl (C=O) groups is 1. The van der Waals surface area contributed by atoms with Crippen LogP contribution < -0.4 is 9.47 Å². The minimum absolute atomic E-state index is 0.102. The summed E-state index contributed by atoms with van der Waals surface area (Å²) < 4.78 is 33.6. The van der Waals surface area contributed by atoms with Crippen molar-refractivity contribution in [1.29, 1.82) is 0 Å². The number of sulfone groups is 1. The lowest BCUT2D eigenvalue weighted by Crippen LogP contribution is -2.41. The Morgan fingerprint density at radius 3 is 2.61 bits per heavy atom. The molecule has 0 N–H and O–H groups in total. The Kier molecular flexibility index (Phi) is 4.30. The van der Waals surface area contributed by atoms with Gasteiger partial charge in [0.05, 0.1) is 5.25 Å². The second-order valence-electron chi connectivity index (χ2n) is 5.80. The SMILES string of the molecule is CS(=O)(=O)C1CCN(C(=O)C=Cc2ccc3c(c2)OCO3)CC1. The van der Waals surface area contributed by atoms with E-state index in [4.69, 9.17) is 9.47 Å². The van der Waals surface area contributed by atoms with Crippen LogP contribution >= 0.6 is 0 Å². The Labute approximate surface area is 135 Å². The third-order valence-electron chi connectivity index (χ3n) is 4.17. The average molecular weight is 337 g/mol. The highest BCUT2D eigenvalue weighted by molar-refractivity contribution is 7.91. The summed E-state index contributed by atoms with van der Waals surface area (Å²) in [5.41, 5.74) is 0.855. The zero-order chi connectivity index (χ0) is 16.4. The van der Waals surface area contributed by atoms with Crippen molar-refractivity contribution in [3.8, 4) is 11.5 Å². The van der Waals surface area contributed by atoms with Gasteiger partial charge in [0.2, 0.25) is 12.7 Å². The van der Waals surface area contributed by atoms with Crippen molar-refractivity contribution in [1.82, 2.24) is 4.90 Å². The summed E-state index contributed by atoms with van der Waals surface area (Å²) in [6.45, 7) is 1.17. The number of fused-ring (bicyclic) bond motifs is 1. The van der Waals surface area contributed by atoms with E-state index in [2.05, 4.69) is 0 Å². The molecule has 1 aromatic carbocycles. The molecule has 0 unspecified atom stereocenters. The normalized spacial score (nSPS) is 18.6. The first-order valence-corrected chi connectivity index (χ1v) is 9.44. The van der Waals surface area contributed by atoms with Gasteiger partial charge in [-0.25, -0.2) is 8.42 Å². The monoisotopic (exact) mass is 337 g/mol. The molecule has 0 radical (unpaired) electrons. The molecule has 2 aliphatic heterocycles. The van der Waals surface area contributed by atoms with E-state index in [1.807, 2.05) is 18.2 Å². The predicted molar refractivity (Wildman–Crippen MR) is 86.0 cm³/mol. The maximum Gasteiger partial charge on any atom is 0.246 e. The summed E-state index contributed by atoms with van der Waals surface area (Å²) in [4.78, 5) is 13.9. The van der Waals surface area contributed by atoms with Gasteiger partial charge in [-0.1, -0.05) is 6.07 Å². The zero-order valence-corrected chi connectivity index (χ0v) is 13.7. The van der Waals surface area contributed by atoms with Gasteiger partial charge in [0.25, 0.3) is 0 Å². The van der Waals surface area contributed by atoms with Crippen LogP contribution in [0.1, 0.15) is 18.4 Å². The largest absolute Gasteiger partial charge is 0.454 e. The molecule has 1 saturated heterocycles. The van der Waals surface area contributed by atoms with Crippen LogP contribution in [-0.2, 0) is 14.6 Å². The molecule has 0 saturated carbocycles. The molecule has 0 aliphatic carbocycles. The van der Waals surface area contributed by atoms with E-state index in [0.717, 1.165) is 5.56 Å². The fraction of sp³-hybridized carbons (Fsp3) is 0.438. The number of carbonyl (C=O) groups excluding carboxylic acids is 1. The van der Waals surface area contributed by atoms with E-state index >= 15 is 0 Å². The standard InChI is InChI=1S/C16H19NO5S/c1-23(19,20)13-6-8-17(9-7-13)16(18)5-3-12-2-4-14-15(10-12)22-11-21-14/h2-5,10,13H,6-9,11H2,1H3. The number of piperidine rings is 1. The highest BCUT2D eigenvalue weighted by atomic mass is 32.2. The second-order valence-corrected chi connectivity index (χ2v) is 8.13. The van der Waals surface area contributed by atoms with E-state index in [-0.39, 0.29) is 18.0 Å². The van der Waals surface area contributed by atoms with Crippen LogP contribution in [0.5, 0.6) is 11.5 Å². The van der Waals surface area contributed by atoms with Crippen molar-refractivity contribution >= 4 is 21.8 Å². The van der Waals surface area contributed by atoms with Crippen LogP contribution in [0.2, 0.25) is 0 Å². The topological polar surface area (TPSA) is 72.9 Å². The van der Waals surface area contributed by atoms with Crippen LogP contribution in [-0.4, -0.2) is 50.6 Å². The van der Waals surface area contributed by atoms with E-state index in [1.165, 1.54) is 12.3 Å². The number of amides is 1. The van der Waals surface area contributed by atoms with Crippen LogP contribution in [0.3, 0.4) is 0 Å². The van der Waals surface area contributed by atoms with Crippen LogP contribution in [0.15, 0.2) is 24.3 Å². The molecule has 1 fully saturated rings.